The molecule has 0 spiro atoms. The Hall–Kier alpha value is -0.980. The summed E-state index contributed by atoms with van der Waals surface area (Å²) in [5.74, 6) is -0.761. The van der Waals surface area contributed by atoms with Gasteiger partial charge in [-0.3, -0.25) is 0 Å². The van der Waals surface area contributed by atoms with E-state index in [0.717, 1.165) is 6.07 Å². The number of sulfonamides is 1. The summed E-state index contributed by atoms with van der Waals surface area (Å²) in [6.07, 6.45) is 0. The Morgan fingerprint density at radius 2 is 2.06 bits per heavy atom. The van der Waals surface area contributed by atoms with Crippen LogP contribution in [-0.2, 0) is 14.8 Å². The van der Waals surface area contributed by atoms with Crippen molar-refractivity contribution in [2.45, 2.75) is 24.8 Å². The van der Waals surface area contributed by atoms with Crippen molar-refractivity contribution in [2.24, 2.45) is 0 Å². The molecule has 0 radical (unpaired) electrons. The van der Waals surface area contributed by atoms with Gasteiger partial charge in [-0.1, -0.05) is 12.1 Å². The Balaban J connectivity index is 2.79. The number of halogens is 1. The maximum absolute atomic E-state index is 13.3. The molecule has 0 amide bonds. The zero-order chi connectivity index (χ0) is 12.9. The molecule has 96 valence electrons. The predicted octanol–water partition coefficient (Wildman–Crippen LogP) is 1.53. The summed E-state index contributed by atoms with van der Waals surface area (Å²) in [6, 6.07) is 4.86. The van der Waals surface area contributed by atoms with Crippen LogP contribution in [0.3, 0.4) is 0 Å². The summed E-state index contributed by atoms with van der Waals surface area (Å²) in [4.78, 5) is -0.344. The zero-order valence-corrected chi connectivity index (χ0v) is 10.6. The van der Waals surface area contributed by atoms with Gasteiger partial charge in [0.1, 0.15) is 10.7 Å². The van der Waals surface area contributed by atoms with Crippen LogP contribution in [0.2, 0.25) is 0 Å². The molecule has 0 heterocycles. The SMILES string of the molecule is CCOCC(C)NS(=O)(=O)c1ccccc1F. The fourth-order valence-corrected chi connectivity index (χ4v) is 2.63. The third kappa shape index (κ3) is 4.07. The Bertz CT molecular complexity index is 462. The van der Waals surface area contributed by atoms with Gasteiger partial charge in [0.25, 0.3) is 0 Å². The van der Waals surface area contributed by atoms with Gasteiger partial charge in [0.15, 0.2) is 0 Å². The van der Waals surface area contributed by atoms with Crippen molar-refractivity contribution >= 4 is 10.0 Å². The van der Waals surface area contributed by atoms with Gasteiger partial charge in [0.05, 0.1) is 6.61 Å². The summed E-state index contributed by atoms with van der Waals surface area (Å²) < 4.78 is 44.4. The average molecular weight is 261 g/mol. The summed E-state index contributed by atoms with van der Waals surface area (Å²) in [5, 5.41) is 0. The van der Waals surface area contributed by atoms with Crippen molar-refractivity contribution < 1.29 is 17.5 Å². The van der Waals surface area contributed by atoms with E-state index in [1.54, 1.807) is 6.92 Å². The lowest BCUT2D eigenvalue weighted by Crippen LogP contribution is -2.36. The van der Waals surface area contributed by atoms with Crippen LogP contribution in [0, 0.1) is 5.82 Å². The quantitative estimate of drug-likeness (QED) is 0.845. The van der Waals surface area contributed by atoms with E-state index in [-0.39, 0.29) is 11.5 Å². The summed E-state index contributed by atoms with van der Waals surface area (Å²) >= 11 is 0. The first kappa shape index (κ1) is 14.1. The van der Waals surface area contributed by atoms with Crippen molar-refractivity contribution in [2.75, 3.05) is 13.2 Å². The van der Waals surface area contributed by atoms with Crippen molar-refractivity contribution in [1.29, 1.82) is 0 Å². The van der Waals surface area contributed by atoms with Gasteiger partial charge in [-0.05, 0) is 26.0 Å². The third-order valence-electron chi connectivity index (χ3n) is 2.05. The lowest BCUT2D eigenvalue weighted by Gasteiger charge is -2.14. The molecule has 0 saturated heterocycles. The van der Waals surface area contributed by atoms with Crippen LogP contribution in [-0.4, -0.2) is 27.7 Å². The molecule has 0 saturated carbocycles. The minimum absolute atomic E-state index is 0.254. The zero-order valence-electron chi connectivity index (χ0n) is 9.81. The smallest absolute Gasteiger partial charge is 0.243 e. The highest BCUT2D eigenvalue weighted by molar-refractivity contribution is 7.89. The van der Waals surface area contributed by atoms with Crippen LogP contribution in [0.25, 0.3) is 0 Å². The fourth-order valence-electron chi connectivity index (χ4n) is 1.32. The van der Waals surface area contributed by atoms with Crippen LogP contribution in [0.5, 0.6) is 0 Å². The van der Waals surface area contributed by atoms with Gasteiger partial charge in [0, 0.05) is 12.6 Å². The average Bonchev–Trinajstić information content (AvgIpc) is 2.26. The maximum atomic E-state index is 13.3. The van der Waals surface area contributed by atoms with Crippen LogP contribution in [0.15, 0.2) is 29.2 Å². The molecule has 1 unspecified atom stereocenters. The number of ether oxygens (including phenoxy) is 1. The molecule has 0 aliphatic carbocycles. The van der Waals surface area contributed by atoms with Crippen LogP contribution in [0.4, 0.5) is 4.39 Å². The molecule has 1 atom stereocenters. The topological polar surface area (TPSA) is 55.4 Å². The highest BCUT2D eigenvalue weighted by atomic mass is 32.2. The number of hydrogen-bond acceptors (Lipinski definition) is 3. The molecule has 0 aliphatic rings. The Labute approximate surface area is 101 Å². The number of nitrogens with one attached hydrogen (secondary N) is 1. The van der Waals surface area contributed by atoms with E-state index < -0.39 is 21.9 Å². The second kappa shape index (κ2) is 6.09. The van der Waals surface area contributed by atoms with Crippen molar-refractivity contribution in [3.63, 3.8) is 0 Å². The van der Waals surface area contributed by atoms with Gasteiger partial charge in [-0.2, -0.15) is 0 Å². The minimum Gasteiger partial charge on any atom is -0.380 e. The van der Waals surface area contributed by atoms with E-state index in [1.807, 2.05) is 6.92 Å². The van der Waals surface area contributed by atoms with E-state index in [4.69, 9.17) is 4.74 Å². The molecule has 6 heteroatoms. The molecular formula is C11H16FNO3S. The molecule has 0 aliphatic heterocycles. The monoisotopic (exact) mass is 261 g/mol. The summed E-state index contributed by atoms with van der Waals surface area (Å²) in [5.41, 5.74) is 0. The summed E-state index contributed by atoms with van der Waals surface area (Å²) in [6.45, 7) is 4.24. The van der Waals surface area contributed by atoms with E-state index in [9.17, 15) is 12.8 Å². The van der Waals surface area contributed by atoms with Gasteiger partial charge in [0.2, 0.25) is 10.0 Å². The first-order valence-corrected chi connectivity index (χ1v) is 6.80. The molecule has 4 nitrogen and oxygen atoms in total. The standard InChI is InChI=1S/C11H16FNO3S/c1-3-16-8-9(2)13-17(14,15)11-7-5-4-6-10(11)12/h4-7,9,13H,3,8H2,1-2H3. The third-order valence-corrected chi connectivity index (χ3v) is 3.68. The Morgan fingerprint density at radius 1 is 1.41 bits per heavy atom. The molecule has 0 bridgehead atoms. The maximum Gasteiger partial charge on any atom is 0.243 e. The highest BCUT2D eigenvalue weighted by Gasteiger charge is 2.20. The Morgan fingerprint density at radius 3 is 2.65 bits per heavy atom. The number of hydrogen-bond donors (Lipinski definition) is 1. The van der Waals surface area contributed by atoms with Crippen LogP contribution in [0.1, 0.15) is 13.8 Å². The van der Waals surface area contributed by atoms with Gasteiger partial charge in [-0.25, -0.2) is 17.5 Å². The van der Waals surface area contributed by atoms with E-state index in [0.29, 0.717) is 6.61 Å². The molecule has 1 aromatic rings. The number of benzene rings is 1. The lowest BCUT2D eigenvalue weighted by atomic mass is 10.3. The lowest BCUT2D eigenvalue weighted by molar-refractivity contribution is 0.133. The van der Waals surface area contributed by atoms with Crippen LogP contribution < -0.4 is 4.72 Å². The van der Waals surface area contributed by atoms with Crippen LogP contribution >= 0.6 is 0 Å². The largest absolute Gasteiger partial charge is 0.380 e. The van der Waals surface area contributed by atoms with Gasteiger partial charge in [-0.15, -0.1) is 0 Å². The molecule has 1 rings (SSSR count). The molecule has 1 aromatic carbocycles. The number of rotatable bonds is 6. The first-order chi connectivity index (χ1) is 7.97. The molecule has 1 N–H and O–H groups in total. The predicted molar refractivity (Wildman–Crippen MR) is 62.7 cm³/mol. The highest BCUT2D eigenvalue weighted by Crippen LogP contribution is 2.13. The van der Waals surface area contributed by atoms with Crippen molar-refractivity contribution in [3.8, 4) is 0 Å². The van der Waals surface area contributed by atoms with E-state index in [1.165, 1.54) is 18.2 Å². The van der Waals surface area contributed by atoms with Crippen molar-refractivity contribution in [1.82, 2.24) is 4.72 Å². The van der Waals surface area contributed by atoms with E-state index >= 15 is 0 Å². The minimum atomic E-state index is -3.83. The molecule has 17 heavy (non-hydrogen) atoms. The molecule has 0 fully saturated rings. The Kier molecular flexibility index (Phi) is 5.04. The second-order valence-electron chi connectivity index (χ2n) is 3.61. The van der Waals surface area contributed by atoms with Gasteiger partial charge >= 0.3 is 0 Å². The normalized spacial score (nSPS) is 13.6. The fraction of sp³-hybridized carbons (Fsp3) is 0.455. The van der Waals surface area contributed by atoms with Crippen molar-refractivity contribution in [3.05, 3.63) is 30.1 Å². The first-order valence-electron chi connectivity index (χ1n) is 5.32. The molecule has 0 aromatic heterocycles. The van der Waals surface area contributed by atoms with E-state index in [2.05, 4.69) is 4.72 Å². The molecular weight excluding hydrogens is 245 g/mol. The second-order valence-corrected chi connectivity index (χ2v) is 5.29. The summed E-state index contributed by atoms with van der Waals surface area (Å²) in [7, 11) is -3.83. The van der Waals surface area contributed by atoms with Gasteiger partial charge < -0.3 is 4.74 Å².